The second-order valence-corrected chi connectivity index (χ2v) is 5.12. The highest BCUT2D eigenvalue weighted by Crippen LogP contribution is 2.25. The monoisotopic (exact) mass is 279 g/mol. The highest BCUT2D eigenvalue weighted by molar-refractivity contribution is 5.95. The molecule has 1 saturated heterocycles. The number of phenolic OH excluding ortho intramolecular Hbond substituents is 2. The molecule has 110 valence electrons. The Hall–Kier alpha value is -1.79. The van der Waals surface area contributed by atoms with Crippen molar-refractivity contribution in [1.82, 2.24) is 9.80 Å². The first kappa shape index (κ1) is 14.6. The maximum absolute atomic E-state index is 12.3. The van der Waals surface area contributed by atoms with Crippen LogP contribution in [0.4, 0.5) is 0 Å². The van der Waals surface area contributed by atoms with E-state index in [4.69, 9.17) is 5.73 Å². The topological polar surface area (TPSA) is 90.0 Å². The number of nitrogens with two attached hydrogens (primary N) is 1. The van der Waals surface area contributed by atoms with E-state index in [1.165, 1.54) is 18.2 Å². The first-order valence-corrected chi connectivity index (χ1v) is 6.78. The standard InChI is InChI=1S/C14H21N3O3/c1-10(9-15)16-4-6-17(7-5-16)14(20)11-2-3-12(18)13(19)8-11/h2-3,8,10,18-19H,4-7,9,15H2,1H3. The molecule has 1 fully saturated rings. The molecule has 0 radical (unpaired) electrons. The second kappa shape index (κ2) is 6.11. The quantitative estimate of drug-likeness (QED) is 0.688. The van der Waals surface area contributed by atoms with E-state index in [9.17, 15) is 15.0 Å². The average molecular weight is 279 g/mol. The molecule has 6 nitrogen and oxygen atoms in total. The van der Waals surface area contributed by atoms with Gasteiger partial charge >= 0.3 is 0 Å². The maximum Gasteiger partial charge on any atom is 0.254 e. The van der Waals surface area contributed by atoms with Crippen LogP contribution in [0, 0.1) is 0 Å². The summed E-state index contributed by atoms with van der Waals surface area (Å²) in [4.78, 5) is 16.3. The van der Waals surface area contributed by atoms with E-state index in [-0.39, 0.29) is 17.4 Å². The molecule has 2 rings (SSSR count). The number of nitrogens with zero attached hydrogens (tertiary/aromatic N) is 2. The van der Waals surface area contributed by atoms with Gasteiger partial charge in [-0.15, -0.1) is 0 Å². The van der Waals surface area contributed by atoms with Gasteiger partial charge in [0.15, 0.2) is 11.5 Å². The third-order valence-corrected chi connectivity index (χ3v) is 3.79. The summed E-state index contributed by atoms with van der Waals surface area (Å²) in [6, 6.07) is 4.47. The fraction of sp³-hybridized carbons (Fsp3) is 0.500. The molecule has 1 unspecified atom stereocenters. The molecule has 1 aliphatic rings. The van der Waals surface area contributed by atoms with E-state index in [2.05, 4.69) is 11.8 Å². The summed E-state index contributed by atoms with van der Waals surface area (Å²) in [5.41, 5.74) is 6.03. The molecule has 20 heavy (non-hydrogen) atoms. The predicted octanol–water partition coefficient (Wildman–Crippen LogP) is 0.203. The molecule has 0 aromatic heterocycles. The van der Waals surface area contributed by atoms with Crippen LogP contribution in [0.25, 0.3) is 0 Å². The summed E-state index contributed by atoms with van der Waals surface area (Å²) < 4.78 is 0. The Bertz CT molecular complexity index is 485. The summed E-state index contributed by atoms with van der Waals surface area (Å²) >= 11 is 0. The van der Waals surface area contributed by atoms with Crippen LogP contribution in [0.1, 0.15) is 17.3 Å². The summed E-state index contributed by atoms with van der Waals surface area (Å²) in [5.74, 6) is -0.616. The number of phenols is 2. The third-order valence-electron chi connectivity index (χ3n) is 3.79. The van der Waals surface area contributed by atoms with Crippen LogP contribution in [0.15, 0.2) is 18.2 Å². The zero-order valence-electron chi connectivity index (χ0n) is 11.6. The van der Waals surface area contributed by atoms with Gasteiger partial charge < -0.3 is 20.8 Å². The lowest BCUT2D eigenvalue weighted by molar-refractivity contribution is 0.0588. The van der Waals surface area contributed by atoms with Crippen molar-refractivity contribution < 1.29 is 15.0 Å². The number of benzene rings is 1. The van der Waals surface area contributed by atoms with E-state index >= 15 is 0 Å². The Morgan fingerprint density at radius 1 is 1.25 bits per heavy atom. The van der Waals surface area contributed by atoms with E-state index in [1.807, 2.05) is 0 Å². The summed E-state index contributed by atoms with van der Waals surface area (Å²) in [5, 5.41) is 18.7. The normalized spacial score (nSPS) is 18.0. The minimum absolute atomic E-state index is 0.125. The van der Waals surface area contributed by atoms with E-state index in [1.54, 1.807) is 4.90 Å². The van der Waals surface area contributed by atoms with Crippen molar-refractivity contribution in [2.24, 2.45) is 5.73 Å². The fourth-order valence-electron chi connectivity index (χ4n) is 2.35. The van der Waals surface area contributed by atoms with Gasteiger partial charge in [-0.2, -0.15) is 0 Å². The van der Waals surface area contributed by atoms with Crippen LogP contribution in [0.5, 0.6) is 11.5 Å². The Kier molecular flexibility index (Phi) is 4.46. The van der Waals surface area contributed by atoms with Crippen LogP contribution in [0.2, 0.25) is 0 Å². The molecular weight excluding hydrogens is 258 g/mol. The number of amides is 1. The van der Waals surface area contributed by atoms with Crippen molar-refractivity contribution in [2.45, 2.75) is 13.0 Å². The highest BCUT2D eigenvalue weighted by Gasteiger charge is 2.24. The first-order chi connectivity index (χ1) is 9.52. The lowest BCUT2D eigenvalue weighted by Crippen LogP contribution is -2.52. The fourth-order valence-corrected chi connectivity index (χ4v) is 2.35. The van der Waals surface area contributed by atoms with Gasteiger partial charge in [0, 0.05) is 44.3 Å². The minimum atomic E-state index is -0.272. The number of rotatable bonds is 3. The number of hydrogen-bond acceptors (Lipinski definition) is 5. The molecule has 0 aliphatic carbocycles. The van der Waals surface area contributed by atoms with Crippen molar-refractivity contribution in [3.05, 3.63) is 23.8 Å². The van der Waals surface area contributed by atoms with Crippen LogP contribution in [-0.2, 0) is 0 Å². The van der Waals surface area contributed by atoms with Crippen molar-refractivity contribution in [3.63, 3.8) is 0 Å². The van der Waals surface area contributed by atoms with Gasteiger partial charge in [0.2, 0.25) is 0 Å². The molecular formula is C14H21N3O3. The molecule has 6 heteroatoms. The summed E-state index contributed by atoms with van der Waals surface area (Å²) in [6.45, 7) is 5.58. The maximum atomic E-state index is 12.3. The van der Waals surface area contributed by atoms with Crippen molar-refractivity contribution >= 4 is 5.91 Å². The van der Waals surface area contributed by atoms with Crippen LogP contribution in [0.3, 0.4) is 0 Å². The SMILES string of the molecule is CC(CN)N1CCN(C(=O)c2ccc(O)c(O)c2)CC1. The van der Waals surface area contributed by atoms with E-state index in [0.717, 1.165) is 13.1 Å². The van der Waals surface area contributed by atoms with Crippen LogP contribution >= 0.6 is 0 Å². The van der Waals surface area contributed by atoms with Crippen molar-refractivity contribution in [3.8, 4) is 11.5 Å². The highest BCUT2D eigenvalue weighted by atomic mass is 16.3. The Balaban J connectivity index is 1.99. The number of carbonyl (C=O) groups is 1. The second-order valence-electron chi connectivity index (χ2n) is 5.12. The lowest BCUT2D eigenvalue weighted by Gasteiger charge is -2.37. The van der Waals surface area contributed by atoms with Crippen molar-refractivity contribution in [2.75, 3.05) is 32.7 Å². The molecule has 1 amide bonds. The molecule has 4 N–H and O–H groups in total. The number of carbonyl (C=O) groups excluding carboxylic acids is 1. The lowest BCUT2D eigenvalue weighted by atomic mass is 10.1. The average Bonchev–Trinajstić information content (AvgIpc) is 2.48. The molecule has 0 saturated carbocycles. The smallest absolute Gasteiger partial charge is 0.254 e. The third kappa shape index (κ3) is 3.02. The van der Waals surface area contributed by atoms with Gasteiger partial charge in [-0.3, -0.25) is 9.69 Å². The molecule has 1 heterocycles. The van der Waals surface area contributed by atoms with Gasteiger partial charge in [-0.25, -0.2) is 0 Å². The van der Waals surface area contributed by atoms with Crippen molar-refractivity contribution in [1.29, 1.82) is 0 Å². The number of piperazine rings is 1. The zero-order chi connectivity index (χ0) is 14.7. The van der Waals surface area contributed by atoms with Gasteiger partial charge in [0.1, 0.15) is 0 Å². The van der Waals surface area contributed by atoms with Gasteiger partial charge in [-0.1, -0.05) is 0 Å². The van der Waals surface area contributed by atoms with Crippen LogP contribution in [-0.4, -0.2) is 64.7 Å². The van der Waals surface area contributed by atoms with Gasteiger partial charge in [-0.05, 0) is 25.1 Å². The molecule has 1 atom stereocenters. The molecule has 1 aromatic rings. The van der Waals surface area contributed by atoms with Gasteiger partial charge in [0.25, 0.3) is 5.91 Å². The molecule has 1 aliphatic heterocycles. The van der Waals surface area contributed by atoms with E-state index in [0.29, 0.717) is 31.2 Å². The van der Waals surface area contributed by atoms with Crippen LogP contribution < -0.4 is 5.73 Å². The molecule has 0 bridgehead atoms. The predicted molar refractivity (Wildman–Crippen MR) is 75.8 cm³/mol. The van der Waals surface area contributed by atoms with E-state index < -0.39 is 0 Å². The zero-order valence-corrected chi connectivity index (χ0v) is 11.6. The largest absolute Gasteiger partial charge is 0.504 e. The van der Waals surface area contributed by atoms with Gasteiger partial charge in [0.05, 0.1) is 0 Å². The minimum Gasteiger partial charge on any atom is -0.504 e. The molecule has 1 aromatic carbocycles. The Morgan fingerprint density at radius 3 is 2.45 bits per heavy atom. The number of aromatic hydroxyl groups is 2. The number of hydrogen-bond donors (Lipinski definition) is 3. The first-order valence-electron chi connectivity index (χ1n) is 6.78. The summed E-state index contributed by atoms with van der Waals surface area (Å²) in [7, 11) is 0. The summed E-state index contributed by atoms with van der Waals surface area (Å²) in [6.07, 6.45) is 0. The Morgan fingerprint density at radius 2 is 1.90 bits per heavy atom. The Labute approximate surface area is 118 Å². The molecule has 0 spiro atoms.